The summed E-state index contributed by atoms with van der Waals surface area (Å²) in [6, 6.07) is 4.07. The van der Waals surface area contributed by atoms with E-state index in [1.54, 1.807) is 18.3 Å². The summed E-state index contributed by atoms with van der Waals surface area (Å²) in [5, 5.41) is 5.22. The van der Waals surface area contributed by atoms with Crippen LogP contribution in [0.2, 0.25) is 0 Å². The fourth-order valence-electron chi connectivity index (χ4n) is 1.24. The quantitative estimate of drug-likeness (QED) is 0.780. The average Bonchev–Trinajstić information content (AvgIpc) is 2.56. The molecule has 2 nitrogen and oxygen atoms in total. The number of rotatable bonds is 5. The van der Waals surface area contributed by atoms with Gasteiger partial charge in [-0.05, 0) is 24.9 Å². The summed E-state index contributed by atoms with van der Waals surface area (Å²) in [4.78, 5) is 12.5. The molecule has 1 heterocycles. The summed E-state index contributed by atoms with van der Waals surface area (Å²) in [7, 11) is 0. The molecule has 0 radical (unpaired) electrons. The Morgan fingerprint density at radius 2 is 2.46 bits per heavy atom. The van der Waals surface area contributed by atoms with Gasteiger partial charge in [0, 0.05) is 11.3 Å². The minimum absolute atomic E-state index is 0.0105. The van der Waals surface area contributed by atoms with Crippen molar-refractivity contribution in [1.29, 1.82) is 0 Å². The summed E-state index contributed by atoms with van der Waals surface area (Å²) in [5.41, 5.74) is 0. The van der Waals surface area contributed by atoms with Gasteiger partial charge in [-0.3, -0.25) is 4.79 Å². The number of hydrogen-bond acceptors (Lipinski definition) is 3. The number of ketones is 1. The van der Waals surface area contributed by atoms with Gasteiger partial charge in [0.15, 0.2) is 0 Å². The molecule has 0 fully saturated rings. The van der Waals surface area contributed by atoms with Crippen LogP contribution in [0.4, 0.5) is 0 Å². The molecule has 1 aromatic rings. The molecule has 0 aliphatic heterocycles. The van der Waals surface area contributed by atoms with Gasteiger partial charge in [-0.15, -0.1) is 11.3 Å². The van der Waals surface area contributed by atoms with Crippen LogP contribution in [0.5, 0.6) is 0 Å². The van der Waals surface area contributed by atoms with Crippen LogP contribution in [-0.4, -0.2) is 18.4 Å². The summed E-state index contributed by atoms with van der Waals surface area (Å²) < 4.78 is 0. The Balaban J connectivity index is 2.52. The van der Waals surface area contributed by atoms with E-state index in [0.717, 1.165) is 13.0 Å². The highest BCUT2D eigenvalue weighted by molar-refractivity contribution is 7.09. The van der Waals surface area contributed by atoms with Gasteiger partial charge >= 0.3 is 0 Å². The molecule has 0 aliphatic carbocycles. The van der Waals surface area contributed by atoms with Crippen molar-refractivity contribution >= 4 is 17.1 Å². The molecule has 1 atom stereocenters. The first-order valence-corrected chi connectivity index (χ1v) is 5.38. The van der Waals surface area contributed by atoms with Gasteiger partial charge in [-0.2, -0.15) is 0 Å². The second-order valence-corrected chi connectivity index (χ2v) is 4.04. The van der Waals surface area contributed by atoms with Gasteiger partial charge < -0.3 is 5.32 Å². The Labute approximate surface area is 83.0 Å². The molecule has 0 aromatic carbocycles. The molecular weight excluding hydrogens is 182 g/mol. The lowest BCUT2D eigenvalue weighted by Crippen LogP contribution is -2.36. The van der Waals surface area contributed by atoms with E-state index in [9.17, 15) is 4.79 Å². The monoisotopic (exact) mass is 197 g/mol. The van der Waals surface area contributed by atoms with Crippen molar-refractivity contribution in [3.05, 3.63) is 22.4 Å². The van der Waals surface area contributed by atoms with Crippen LogP contribution in [0.3, 0.4) is 0 Å². The number of carbonyl (C=O) groups is 1. The lowest BCUT2D eigenvalue weighted by molar-refractivity contribution is -0.118. The van der Waals surface area contributed by atoms with Gasteiger partial charge in [-0.25, -0.2) is 0 Å². The first-order valence-electron chi connectivity index (χ1n) is 4.50. The van der Waals surface area contributed by atoms with Crippen molar-refractivity contribution in [1.82, 2.24) is 5.32 Å². The van der Waals surface area contributed by atoms with Crippen LogP contribution in [0.15, 0.2) is 17.5 Å². The van der Waals surface area contributed by atoms with Crippen molar-refractivity contribution in [3.8, 4) is 0 Å². The zero-order valence-electron chi connectivity index (χ0n) is 8.04. The fourth-order valence-corrected chi connectivity index (χ4v) is 1.99. The van der Waals surface area contributed by atoms with Crippen LogP contribution < -0.4 is 5.32 Å². The molecule has 1 rings (SSSR count). The Kier molecular flexibility index (Phi) is 4.12. The Morgan fingerprint density at radius 3 is 2.92 bits per heavy atom. The number of Topliss-reactive ketones (excluding diaryl/α,β-unsaturated/α-hetero) is 1. The second-order valence-electron chi connectivity index (χ2n) is 3.00. The standard InChI is InChI=1S/C10H15NOS/c1-3-11-10(8(2)12)7-9-5-4-6-13-9/h4-6,10-11H,3,7H2,1-2H3/t10-/m0/s1. The number of nitrogens with one attached hydrogen (secondary N) is 1. The average molecular weight is 197 g/mol. The maximum atomic E-state index is 11.2. The molecule has 72 valence electrons. The van der Waals surface area contributed by atoms with Gasteiger partial charge in [0.2, 0.25) is 0 Å². The normalized spacial score (nSPS) is 12.8. The minimum atomic E-state index is -0.0105. The highest BCUT2D eigenvalue weighted by Crippen LogP contribution is 2.11. The lowest BCUT2D eigenvalue weighted by Gasteiger charge is -2.12. The highest BCUT2D eigenvalue weighted by atomic mass is 32.1. The van der Waals surface area contributed by atoms with Gasteiger partial charge in [0.25, 0.3) is 0 Å². The van der Waals surface area contributed by atoms with Gasteiger partial charge in [-0.1, -0.05) is 13.0 Å². The first-order chi connectivity index (χ1) is 6.24. The second kappa shape index (κ2) is 5.14. The minimum Gasteiger partial charge on any atom is -0.307 e. The maximum absolute atomic E-state index is 11.2. The van der Waals surface area contributed by atoms with Crippen molar-refractivity contribution in [2.24, 2.45) is 0 Å². The zero-order chi connectivity index (χ0) is 9.68. The predicted molar refractivity (Wildman–Crippen MR) is 56.2 cm³/mol. The van der Waals surface area contributed by atoms with Gasteiger partial charge in [0.05, 0.1) is 6.04 Å². The molecule has 13 heavy (non-hydrogen) atoms. The Hall–Kier alpha value is -0.670. The Bertz CT molecular complexity index is 256. The largest absolute Gasteiger partial charge is 0.307 e. The van der Waals surface area contributed by atoms with E-state index >= 15 is 0 Å². The van der Waals surface area contributed by atoms with E-state index in [0.29, 0.717) is 0 Å². The van der Waals surface area contributed by atoms with Crippen LogP contribution in [0.25, 0.3) is 0 Å². The molecule has 0 amide bonds. The van der Waals surface area contributed by atoms with Crippen LogP contribution in [0.1, 0.15) is 18.7 Å². The van der Waals surface area contributed by atoms with Crippen molar-refractivity contribution < 1.29 is 4.79 Å². The van der Waals surface area contributed by atoms with Crippen LogP contribution >= 0.6 is 11.3 Å². The third kappa shape index (κ3) is 3.28. The smallest absolute Gasteiger partial charge is 0.147 e. The molecule has 1 aromatic heterocycles. The molecule has 0 aliphatic rings. The molecule has 3 heteroatoms. The van der Waals surface area contributed by atoms with E-state index in [-0.39, 0.29) is 11.8 Å². The molecule has 0 spiro atoms. The third-order valence-electron chi connectivity index (χ3n) is 1.93. The summed E-state index contributed by atoms with van der Waals surface area (Å²) in [5.74, 6) is 0.218. The summed E-state index contributed by atoms with van der Waals surface area (Å²) in [6.45, 7) is 4.50. The van der Waals surface area contributed by atoms with Crippen molar-refractivity contribution in [3.63, 3.8) is 0 Å². The van der Waals surface area contributed by atoms with Gasteiger partial charge in [0.1, 0.15) is 5.78 Å². The molecule has 0 bridgehead atoms. The topological polar surface area (TPSA) is 29.1 Å². The molecule has 0 saturated carbocycles. The Morgan fingerprint density at radius 1 is 1.69 bits per heavy atom. The van der Waals surface area contributed by atoms with E-state index in [2.05, 4.69) is 11.4 Å². The third-order valence-corrected chi connectivity index (χ3v) is 2.83. The number of carbonyl (C=O) groups excluding carboxylic acids is 1. The van der Waals surface area contributed by atoms with E-state index in [1.807, 2.05) is 18.4 Å². The summed E-state index contributed by atoms with van der Waals surface area (Å²) >= 11 is 1.70. The molecular formula is C10H15NOS. The van der Waals surface area contributed by atoms with E-state index in [4.69, 9.17) is 0 Å². The van der Waals surface area contributed by atoms with Crippen molar-refractivity contribution in [2.75, 3.05) is 6.54 Å². The van der Waals surface area contributed by atoms with E-state index < -0.39 is 0 Å². The highest BCUT2D eigenvalue weighted by Gasteiger charge is 2.13. The molecule has 0 saturated heterocycles. The zero-order valence-corrected chi connectivity index (χ0v) is 8.86. The predicted octanol–water partition coefficient (Wildman–Crippen LogP) is 1.86. The fraction of sp³-hybridized carbons (Fsp3) is 0.500. The first kappa shape index (κ1) is 10.4. The molecule has 1 N–H and O–H groups in total. The molecule has 0 unspecified atom stereocenters. The maximum Gasteiger partial charge on any atom is 0.147 e. The van der Waals surface area contributed by atoms with E-state index in [1.165, 1.54) is 4.88 Å². The van der Waals surface area contributed by atoms with Crippen LogP contribution in [0, 0.1) is 0 Å². The number of likely N-dealkylation sites (N-methyl/N-ethyl adjacent to an activating group) is 1. The van der Waals surface area contributed by atoms with Crippen LogP contribution in [-0.2, 0) is 11.2 Å². The number of thiophene rings is 1. The summed E-state index contributed by atoms with van der Waals surface area (Å²) in [6.07, 6.45) is 0.820. The number of hydrogen-bond donors (Lipinski definition) is 1. The van der Waals surface area contributed by atoms with Crippen molar-refractivity contribution in [2.45, 2.75) is 26.3 Å². The lowest BCUT2D eigenvalue weighted by atomic mass is 10.1. The SMILES string of the molecule is CCN[C@@H](Cc1cccs1)C(C)=O.